The molecule has 0 heterocycles. The van der Waals surface area contributed by atoms with Crippen LogP contribution in [0.15, 0.2) is 0 Å². The van der Waals surface area contributed by atoms with Crippen LogP contribution >= 0.6 is 0 Å². The van der Waals surface area contributed by atoms with E-state index < -0.39 is 0 Å². The molecular formula is C5H12HfO. The molecule has 0 amide bonds. The summed E-state index contributed by atoms with van der Waals surface area (Å²) >= 11 is 0. The Hall–Kier alpha value is 0.830. The van der Waals surface area contributed by atoms with E-state index in [1.807, 2.05) is 6.92 Å². The molecule has 1 nitrogen and oxygen atoms in total. The summed E-state index contributed by atoms with van der Waals surface area (Å²) in [5.74, 6) is 0.491. The van der Waals surface area contributed by atoms with Crippen molar-refractivity contribution in [3.8, 4) is 0 Å². The molecule has 0 aliphatic heterocycles. The molecule has 0 bridgehead atoms. The monoisotopic (exact) mass is 268 g/mol. The van der Waals surface area contributed by atoms with Crippen LogP contribution in [0, 0.1) is 5.92 Å². The van der Waals surface area contributed by atoms with Gasteiger partial charge >= 0.3 is 0 Å². The maximum absolute atomic E-state index is 8.33. The molecule has 0 aromatic heterocycles. The van der Waals surface area contributed by atoms with E-state index in [-0.39, 0.29) is 25.8 Å². The fourth-order valence-electron chi connectivity index (χ4n) is 0.129. The normalized spacial score (nSPS) is 12.4. The third-order valence-electron chi connectivity index (χ3n) is 1.01. The number of hydrogen-bond donors (Lipinski definition) is 1. The van der Waals surface area contributed by atoms with Crippen molar-refractivity contribution in [2.45, 2.75) is 20.3 Å². The first-order chi connectivity index (χ1) is 2.81. The molecule has 0 aromatic carbocycles. The fourth-order valence-corrected chi connectivity index (χ4v) is 0.129. The van der Waals surface area contributed by atoms with Gasteiger partial charge in [0.1, 0.15) is 0 Å². The van der Waals surface area contributed by atoms with Crippen LogP contribution in [0.2, 0.25) is 0 Å². The van der Waals surface area contributed by atoms with Gasteiger partial charge in [-0.1, -0.05) is 20.3 Å². The molecule has 0 rings (SSSR count). The number of hydrogen-bond acceptors (Lipinski definition) is 1. The number of aliphatic hydroxyl groups excluding tert-OH is 1. The fraction of sp³-hybridized carbons (Fsp3) is 1.00. The van der Waals surface area contributed by atoms with Gasteiger partial charge < -0.3 is 5.11 Å². The average Bonchev–Trinajstić information content (AvgIpc) is 1.65. The van der Waals surface area contributed by atoms with Crippen molar-refractivity contribution < 1.29 is 30.9 Å². The Morgan fingerprint density at radius 1 is 1.57 bits per heavy atom. The van der Waals surface area contributed by atoms with Gasteiger partial charge in [0.05, 0.1) is 0 Å². The maximum Gasteiger partial charge on any atom is 0.0456 e. The predicted octanol–water partition coefficient (Wildman–Crippen LogP) is 1.02. The van der Waals surface area contributed by atoms with Crippen LogP contribution < -0.4 is 0 Å². The second-order valence-electron chi connectivity index (χ2n) is 1.70. The van der Waals surface area contributed by atoms with E-state index in [0.717, 1.165) is 6.42 Å². The Morgan fingerprint density at radius 3 is 2.00 bits per heavy atom. The predicted molar refractivity (Wildman–Crippen MR) is 26.5 cm³/mol. The van der Waals surface area contributed by atoms with Gasteiger partial charge in [0, 0.05) is 32.5 Å². The SMILES string of the molecule is CCC(C)CO.[Hf]. The Labute approximate surface area is 63.9 Å². The summed E-state index contributed by atoms with van der Waals surface area (Å²) in [4.78, 5) is 0. The minimum atomic E-state index is 0. The van der Waals surface area contributed by atoms with E-state index in [4.69, 9.17) is 5.11 Å². The summed E-state index contributed by atoms with van der Waals surface area (Å²) in [6, 6.07) is 0. The zero-order chi connectivity index (χ0) is 4.99. The largest absolute Gasteiger partial charge is 0.396 e. The Morgan fingerprint density at radius 2 is 2.00 bits per heavy atom. The van der Waals surface area contributed by atoms with Crippen LogP contribution in [0.3, 0.4) is 0 Å². The second kappa shape index (κ2) is 6.83. The number of rotatable bonds is 2. The van der Waals surface area contributed by atoms with Crippen molar-refractivity contribution in [2.75, 3.05) is 6.61 Å². The van der Waals surface area contributed by atoms with Gasteiger partial charge in [-0.05, 0) is 5.92 Å². The minimum absolute atomic E-state index is 0. The van der Waals surface area contributed by atoms with E-state index in [0.29, 0.717) is 12.5 Å². The molecule has 2 heteroatoms. The zero-order valence-electron chi connectivity index (χ0n) is 4.94. The van der Waals surface area contributed by atoms with Crippen molar-refractivity contribution in [3.05, 3.63) is 0 Å². The Kier molecular flexibility index (Phi) is 10.5. The van der Waals surface area contributed by atoms with Crippen LogP contribution in [0.1, 0.15) is 20.3 Å². The van der Waals surface area contributed by atoms with Gasteiger partial charge in [-0.25, -0.2) is 0 Å². The van der Waals surface area contributed by atoms with Gasteiger partial charge in [-0.2, -0.15) is 0 Å². The molecule has 0 saturated carbocycles. The summed E-state index contributed by atoms with van der Waals surface area (Å²) in [7, 11) is 0. The third-order valence-corrected chi connectivity index (χ3v) is 1.01. The quantitative estimate of drug-likeness (QED) is 0.740. The molecule has 0 spiro atoms. The van der Waals surface area contributed by atoms with Crippen LogP contribution in [-0.2, 0) is 25.8 Å². The molecule has 0 aliphatic carbocycles. The van der Waals surface area contributed by atoms with Crippen LogP contribution in [-0.4, -0.2) is 11.7 Å². The van der Waals surface area contributed by atoms with Crippen molar-refractivity contribution in [2.24, 2.45) is 5.92 Å². The molecule has 0 fully saturated rings. The molecule has 1 unspecified atom stereocenters. The van der Waals surface area contributed by atoms with Crippen LogP contribution in [0.5, 0.6) is 0 Å². The first-order valence-electron chi connectivity index (χ1n) is 2.42. The summed E-state index contributed by atoms with van der Waals surface area (Å²) in [6.45, 7) is 4.43. The molecule has 1 N–H and O–H groups in total. The molecule has 0 radical (unpaired) electrons. The Bertz CT molecular complexity index is 27.3. The first-order valence-corrected chi connectivity index (χ1v) is 2.42. The van der Waals surface area contributed by atoms with Crippen molar-refractivity contribution in [1.82, 2.24) is 0 Å². The Balaban J connectivity index is 0. The molecular weight excluding hydrogens is 255 g/mol. The third kappa shape index (κ3) is 6.83. The molecule has 42 valence electrons. The minimum Gasteiger partial charge on any atom is -0.396 e. The van der Waals surface area contributed by atoms with Crippen molar-refractivity contribution in [3.63, 3.8) is 0 Å². The van der Waals surface area contributed by atoms with E-state index in [1.54, 1.807) is 0 Å². The first kappa shape index (κ1) is 10.7. The van der Waals surface area contributed by atoms with Gasteiger partial charge in [-0.3, -0.25) is 0 Å². The van der Waals surface area contributed by atoms with E-state index in [1.165, 1.54) is 0 Å². The van der Waals surface area contributed by atoms with E-state index in [9.17, 15) is 0 Å². The molecule has 7 heavy (non-hydrogen) atoms. The van der Waals surface area contributed by atoms with E-state index in [2.05, 4.69) is 6.92 Å². The molecule has 0 saturated heterocycles. The summed E-state index contributed by atoms with van der Waals surface area (Å²) in [5.41, 5.74) is 0. The zero-order valence-corrected chi connectivity index (χ0v) is 8.53. The molecule has 0 aromatic rings. The second-order valence-corrected chi connectivity index (χ2v) is 1.70. The van der Waals surface area contributed by atoms with Gasteiger partial charge in [0.15, 0.2) is 0 Å². The smallest absolute Gasteiger partial charge is 0.0456 e. The maximum atomic E-state index is 8.33. The van der Waals surface area contributed by atoms with Crippen LogP contribution in [0.25, 0.3) is 0 Å². The topological polar surface area (TPSA) is 20.2 Å². The summed E-state index contributed by atoms with van der Waals surface area (Å²) in [6.07, 6.45) is 1.08. The van der Waals surface area contributed by atoms with Gasteiger partial charge in [-0.15, -0.1) is 0 Å². The van der Waals surface area contributed by atoms with Crippen molar-refractivity contribution >= 4 is 0 Å². The van der Waals surface area contributed by atoms with Crippen LogP contribution in [0.4, 0.5) is 0 Å². The van der Waals surface area contributed by atoms with E-state index >= 15 is 0 Å². The molecule has 1 atom stereocenters. The molecule has 0 aliphatic rings. The average molecular weight is 267 g/mol. The van der Waals surface area contributed by atoms with Gasteiger partial charge in [0.25, 0.3) is 0 Å². The standard InChI is InChI=1S/C5H12O.Hf/c1-3-5(2)4-6;/h5-6H,3-4H2,1-2H3;. The summed E-state index contributed by atoms with van der Waals surface area (Å²) < 4.78 is 0. The van der Waals surface area contributed by atoms with Gasteiger partial charge in [0.2, 0.25) is 0 Å². The van der Waals surface area contributed by atoms with Crippen molar-refractivity contribution in [1.29, 1.82) is 0 Å². The number of aliphatic hydroxyl groups is 1. The summed E-state index contributed by atoms with van der Waals surface area (Å²) in [5, 5.41) is 8.33.